The molecule has 2 N–H and O–H groups in total. The third-order valence-corrected chi connectivity index (χ3v) is 0.886. The predicted molar refractivity (Wildman–Crippen MR) is 27.6 cm³/mol. The van der Waals surface area contributed by atoms with Gasteiger partial charge in [-0.25, -0.2) is 4.63 Å². The zero-order valence-corrected chi connectivity index (χ0v) is 4.79. The summed E-state index contributed by atoms with van der Waals surface area (Å²) in [4.78, 5) is 10.3. The van der Waals surface area contributed by atoms with Gasteiger partial charge in [-0.2, -0.15) is 0 Å². The Kier molecular flexibility index (Phi) is 1.18. The minimum Gasteiger partial charge on any atom is -0.364 e. The number of primary amides is 1. The van der Waals surface area contributed by atoms with E-state index in [9.17, 15) is 4.79 Å². The molecule has 0 aliphatic heterocycles. The fourth-order valence-corrected chi connectivity index (χ4v) is 0.455. The van der Waals surface area contributed by atoms with Crippen LogP contribution in [-0.2, 0) is 0 Å². The second kappa shape index (κ2) is 1.85. The molecule has 0 aromatic carbocycles. The topological polar surface area (TPSA) is 82.0 Å². The van der Waals surface area contributed by atoms with Crippen LogP contribution in [0.15, 0.2) is 4.63 Å². The number of nitrogens with two attached hydrogens (primary N) is 1. The van der Waals surface area contributed by atoms with Crippen molar-refractivity contribution in [1.29, 1.82) is 0 Å². The maximum atomic E-state index is 10.3. The number of aromatic nitrogens is 2. The second-order valence-corrected chi connectivity index (χ2v) is 1.56. The summed E-state index contributed by atoms with van der Waals surface area (Å²) < 4.78 is 4.21. The van der Waals surface area contributed by atoms with Gasteiger partial charge in [-0.1, -0.05) is 5.16 Å². The first-order chi connectivity index (χ1) is 4.22. The van der Waals surface area contributed by atoms with Crippen molar-refractivity contribution in [3.05, 3.63) is 11.4 Å². The number of aryl methyl sites for hydroxylation is 1. The maximum absolute atomic E-state index is 10.3. The van der Waals surface area contributed by atoms with Gasteiger partial charge in [0.05, 0.1) is 0 Å². The van der Waals surface area contributed by atoms with Gasteiger partial charge in [0.25, 0.3) is 5.91 Å². The summed E-state index contributed by atoms with van der Waals surface area (Å²) in [5, 5.41) is 6.61. The monoisotopic (exact) mass is 127 g/mol. The molecule has 0 saturated carbocycles. The Morgan fingerprint density at radius 1 is 1.67 bits per heavy atom. The highest BCUT2D eigenvalue weighted by Crippen LogP contribution is 1.96. The molecule has 0 spiro atoms. The molecule has 1 rings (SSSR count). The highest BCUT2D eigenvalue weighted by molar-refractivity contribution is 5.91. The number of amides is 1. The Morgan fingerprint density at radius 2 is 2.33 bits per heavy atom. The molecular formula is C4H5N3O2. The quantitative estimate of drug-likeness (QED) is 0.550. The molecule has 1 aromatic rings. The van der Waals surface area contributed by atoms with Crippen molar-refractivity contribution in [2.24, 2.45) is 5.73 Å². The van der Waals surface area contributed by atoms with Crippen molar-refractivity contribution in [2.45, 2.75) is 6.92 Å². The number of nitrogens with zero attached hydrogens (tertiary/aromatic N) is 2. The largest absolute Gasteiger partial charge is 0.364 e. The summed E-state index contributed by atoms with van der Waals surface area (Å²) in [7, 11) is 0. The summed E-state index contributed by atoms with van der Waals surface area (Å²) in [5.74, 6) is -0.617. The van der Waals surface area contributed by atoms with Gasteiger partial charge in [0.2, 0.25) is 0 Å². The lowest BCUT2D eigenvalue weighted by atomic mass is 10.3. The third-order valence-electron chi connectivity index (χ3n) is 0.886. The van der Waals surface area contributed by atoms with E-state index >= 15 is 0 Å². The number of hydrogen-bond donors (Lipinski definition) is 1. The number of carbonyl (C=O) groups is 1. The van der Waals surface area contributed by atoms with Crippen LogP contribution in [0.25, 0.3) is 0 Å². The average Bonchev–Trinajstić information content (AvgIpc) is 2.13. The molecule has 0 aliphatic carbocycles. The molecule has 0 aliphatic rings. The highest BCUT2D eigenvalue weighted by Gasteiger charge is 2.09. The summed E-state index contributed by atoms with van der Waals surface area (Å²) in [6.45, 7) is 1.59. The Hall–Kier alpha value is -1.39. The molecule has 5 nitrogen and oxygen atoms in total. The van der Waals surface area contributed by atoms with E-state index in [-0.39, 0.29) is 5.69 Å². The smallest absolute Gasteiger partial charge is 0.272 e. The molecule has 0 saturated heterocycles. The first kappa shape index (κ1) is 5.74. The summed E-state index contributed by atoms with van der Waals surface area (Å²) in [6.07, 6.45) is 0. The summed E-state index contributed by atoms with van der Waals surface area (Å²) in [6, 6.07) is 0. The maximum Gasteiger partial charge on any atom is 0.272 e. The van der Waals surface area contributed by atoms with Crippen molar-refractivity contribution >= 4 is 5.91 Å². The molecule has 48 valence electrons. The lowest BCUT2D eigenvalue weighted by Crippen LogP contribution is -2.12. The van der Waals surface area contributed by atoms with Crippen LogP contribution in [0.1, 0.15) is 16.2 Å². The fraction of sp³-hybridized carbons (Fsp3) is 0.250. The van der Waals surface area contributed by atoms with Crippen LogP contribution in [0.4, 0.5) is 0 Å². The van der Waals surface area contributed by atoms with Crippen LogP contribution < -0.4 is 5.73 Å². The van der Waals surface area contributed by atoms with Gasteiger partial charge in [-0.3, -0.25) is 4.79 Å². The molecule has 1 aromatic heterocycles. The number of hydrogen-bond acceptors (Lipinski definition) is 4. The van der Waals surface area contributed by atoms with Gasteiger partial charge >= 0.3 is 0 Å². The first-order valence-corrected chi connectivity index (χ1v) is 2.31. The highest BCUT2D eigenvalue weighted by atomic mass is 16.6. The molecule has 1 amide bonds. The van der Waals surface area contributed by atoms with Crippen LogP contribution in [0, 0.1) is 6.92 Å². The Balaban J connectivity index is 3.08. The van der Waals surface area contributed by atoms with Crippen LogP contribution in [0.5, 0.6) is 0 Å². The zero-order valence-electron chi connectivity index (χ0n) is 4.79. The second-order valence-electron chi connectivity index (χ2n) is 1.56. The van der Waals surface area contributed by atoms with Crippen molar-refractivity contribution in [2.75, 3.05) is 0 Å². The SMILES string of the molecule is Cc1nonc1C(N)=O. The van der Waals surface area contributed by atoms with Gasteiger partial charge in [-0.05, 0) is 12.1 Å². The van der Waals surface area contributed by atoms with E-state index in [1.165, 1.54) is 0 Å². The van der Waals surface area contributed by atoms with E-state index in [0.717, 1.165) is 0 Å². The molecule has 0 bridgehead atoms. The lowest BCUT2D eigenvalue weighted by molar-refractivity contribution is 0.0990. The molecule has 0 atom stereocenters. The Morgan fingerprint density at radius 3 is 2.56 bits per heavy atom. The van der Waals surface area contributed by atoms with Crippen LogP contribution in [0.2, 0.25) is 0 Å². The fourth-order valence-electron chi connectivity index (χ4n) is 0.455. The molecule has 0 unspecified atom stereocenters. The summed E-state index contributed by atoms with van der Waals surface area (Å²) in [5.41, 5.74) is 5.37. The van der Waals surface area contributed by atoms with Crippen LogP contribution in [-0.4, -0.2) is 16.2 Å². The minimum atomic E-state index is -0.617. The van der Waals surface area contributed by atoms with Crippen molar-refractivity contribution in [3.63, 3.8) is 0 Å². The normalized spacial score (nSPS) is 9.44. The van der Waals surface area contributed by atoms with Gasteiger partial charge < -0.3 is 5.73 Å². The van der Waals surface area contributed by atoms with E-state index in [1.54, 1.807) is 6.92 Å². The Labute approximate surface area is 50.8 Å². The molecule has 9 heavy (non-hydrogen) atoms. The van der Waals surface area contributed by atoms with E-state index in [2.05, 4.69) is 14.9 Å². The average molecular weight is 127 g/mol. The number of carbonyl (C=O) groups excluding carboxylic acids is 1. The lowest BCUT2D eigenvalue weighted by Gasteiger charge is -1.81. The van der Waals surface area contributed by atoms with Gasteiger partial charge in [0, 0.05) is 0 Å². The van der Waals surface area contributed by atoms with E-state index in [0.29, 0.717) is 5.69 Å². The standard InChI is InChI=1S/C4H5N3O2/c1-2-3(4(5)8)7-9-6-2/h1H3,(H2,5,8). The molecular weight excluding hydrogens is 122 g/mol. The van der Waals surface area contributed by atoms with Gasteiger partial charge in [0.1, 0.15) is 5.69 Å². The first-order valence-electron chi connectivity index (χ1n) is 2.31. The third kappa shape index (κ3) is 0.883. The van der Waals surface area contributed by atoms with E-state index in [1.807, 2.05) is 0 Å². The van der Waals surface area contributed by atoms with Crippen molar-refractivity contribution in [3.8, 4) is 0 Å². The molecule has 1 heterocycles. The molecule has 0 radical (unpaired) electrons. The molecule has 0 fully saturated rings. The summed E-state index contributed by atoms with van der Waals surface area (Å²) >= 11 is 0. The Bertz CT molecular complexity index is 229. The van der Waals surface area contributed by atoms with E-state index in [4.69, 9.17) is 5.73 Å². The van der Waals surface area contributed by atoms with E-state index < -0.39 is 5.91 Å². The zero-order chi connectivity index (χ0) is 6.85. The number of rotatable bonds is 1. The van der Waals surface area contributed by atoms with Crippen LogP contribution in [0.3, 0.4) is 0 Å². The van der Waals surface area contributed by atoms with Crippen molar-refractivity contribution < 1.29 is 9.42 Å². The van der Waals surface area contributed by atoms with Gasteiger partial charge in [0.15, 0.2) is 5.69 Å². The minimum absolute atomic E-state index is 0.0926. The predicted octanol–water partition coefficient (Wildman–Crippen LogP) is -0.523. The van der Waals surface area contributed by atoms with Gasteiger partial charge in [-0.15, -0.1) is 0 Å². The molecule has 5 heteroatoms. The van der Waals surface area contributed by atoms with Crippen molar-refractivity contribution in [1.82, 2.24) is 10.3 Å². The van der Waals surface area contributed by atoms with Crippen LogP contribution >= 0.6 is 0 Å².